The van der Waals surface area contributed by atoms with Crippen molar-refractivity contribution in [3.8, 4) is 0 Å². The van der Waals surface area contributed by atoms with E-state index in [2.05, 4.69) is 19.9 Å². The predicted molar refractivity (Wildman–Crippen MR) is 59.1 cm³/mol. The molecule has 0 saturated heterocycles. The molecule has 0 radical (unpaired) electrons. The summed E-state index contributed by atoms with van der Waals surface area (Å²) in [4.78, 5) is 25.9. The molecule has 0 aliphatic carbocycles. The van der Waals surface area contributed by atoms with Crippen molar-refractivity contribution in [1.29, 1.82) is 0 Å². The molecule has 17 heavy (non-hydrogen) atoms. The SMILES string of the molecule is O=C(O)c1cc(NC(=O)c2csnn2)ccn1. The number of aromatic nitrogens is 3. The van der Waals surface area contributed by atoms with Crippen LogP contribution in [0, 0.1) is 0 Å². The Kier molecular flexibility index (Phi) is 3.06. The maximum Gasteiger partial charge on any atom is 0.354 e. The summed E-state index contributed by atoms with van der Waals surface area (Å²) in [7, 11) is 0. The van der Waals surface area contributed by atoms with Crippen molar-refractivity contribution in [2.24, 2.45) is 0 Å². The van der Waals surface area contributed by atoms with Crippen molar-refractivity contribution >= 4 is 29.1 Å². The van der Waals surface area contributed by atoms with E-state index in [1.54, 1.807) is 0 Å². The molecule has 1 amide bonds. The number of nitrogens with one attached hydrogen (secondary N) is 1. The summed E-state index contributed by atoms with van der Waals surface area (Å²) in [5, 5.41) is 16.3. The molecule has 0 saturated carbocycles. The maximum absolute atomic E-state index is 11.6. The molecule has 8 heteroatoms. The fourth-order valence-corrected chi connectivity index (χ4v) is 1.52. The van der Waals surface area contributed by atoms with Crippen LogP contribution in [0.5, 0.6) is 0 Å². The minimum atomic E-state index is -1.16. The summed E-state index contributed by atoms with van der Waals surface area (Å²) in [6.45, 7) is 0. The van der Waals surface area contributed by atoms with Gasteiger partial charge in [0.25, 0.3) is 5.91 Å². The first-order chi connectivity index (χ1) is 8.16. The highest BCUT2D eigenvalue weighted by Crippen LogP contribution is 2.09. The summed E-state index contributed by atoms with van der Waals surface area (Å²) in [6, 6.07) is 2.75. The van der Waals surface area contributed by atoms with Crippen LogP contribution in [0.15, 0.2) is 23.7 Å². The number of carbonyl (C=O) groups is 2. The molecule has 7 nitrogen and oxygen atoms in total. The Hall–Kier alpha value is -2.35. The molecule has 0 bridgehead atoms. The number of carbonyl (C=O) groups excluding carboxylic acids is 1. The lowest BCUT2D eigenvalue weighted by molar-refractivity contribution is 0.0690. The predicted octanol–water partition coefficient (Wildman–Crippen LogP) is 0.884. The summed E-state index contributed by atoms with van der Waals surface area (Å²) in [6.07, 6.45) is 1.30. The molecule has 86 valence electrons. The number of nitrogens with zero attached hydrogens (tertiary/aromatic N) is 3. The number of anilines is 1. The Balaban J connectivity index is 2.16. The Morgan fingerprint density at radius 3 is 2.82 bits per heavy atom. The number of carboxylic acids is 1. The lowest BCUT2D eigenvalue weighted by Gasteiger charge is -2.02. The summed E-state index contributed by atoms with van der Waals surface area (Å²) in [5.41, 5.74) is 0.387. The molecule has 2 aromatic rings. The van der Waals surface area contributed by atoms with Gasteiger partial charge in [0.2, 0.25) is 0 Å². The minimum absolute atomic E-state index is 0.140. The van der Waals surface area contributed by atoms with Crippen molar-refractivity contribution in [2.45, 2.75) is 0 Å². The first-order valence-electron chi connectivity index (χ1n) is 4.44. The van der Waals surface area contributed by atoms with Gasteiger partial charge in [-0.3, -0.25) is 4.79 Å². The Morgan fingerprint density at radius 2 is 2.18 bits per heavy atom. The second kappa shape index (κ2) is 4.66. The number of rotatable bonds is 3. The van der Waals surface area contributed by atoms with Crippen LogP contribution in [0.3, 0.4) is 0 Å². The lowest BCUT2D eigenvalue weighted by Crippen LogP contribution is -2.13. The second-order valence-corrected chi connectivity index (χ2v) is 3.59. The first-order valence-corrected chi connectivity index (χ1v) is 5.28. The van der Waals surface area contributed by atoms with Gasteiger partial charge in [0.05, 0.1) is 0 Å². The maximum atomic E-state index is 11.6. The van der Waals surface area contributed by atoms with Crippen molar-refractivity contribution in [3.05, 3.63) is 35.1 Å². The van der Waals surface area contributed by atoms with Crippen LogP contribution >= 0.6 is 11.5 Å². The van der Waals surface area contributed by atoms with Gasteiger partial charge in [0.1, 0.15) is 5.69 Å². The Labute approximate surface area is 99.3 Å². The number of aromatic carboxylic acids is 1. The van der Waals surface area contributed by atoms with Gasteiger partial charge in [-0.1, -0.05) is 4.49 Å². The quantitative estimate of drug-likeness (QED) is 0.837. The van der Waals surface area contributed by atoms with E-state index < -0.39 is 11.9 Å². The highest BCUT2D eigenvalue weighted by atomic mass is 32.1. The molecular formula is C9H6N4O3S. The van der Waals surface area contributed by atoms with Crippen LogP contribution in [-0.4, -0.2) is 31.6 Å². The van der Waals surface area contributed by atoms with Crippen LogP contribution in [0.1, 0.15) is 21.0 Å². The van der Waals surface area contributed by atoms with Gasteiger partial charge in [-0.25, -0.2) is 9.78 Å². The molecule has 2 heterocycles. The van der Waals surface area contributed by atoms with E-state index in [-0.39, 0.29) is 11.4 Å². The monoisotopic (exact) mass is 250 g/mol. The van der Waals surface area contributed by atoms with E-state index in [0.29, 0.717) is 5.69 Å². The van der Waals surface area contributed by atoms with E-state index in [9.17, 15) is 9.59 Å². The van der Waals surface area contributed by atoms with Crippen LogP contribution < -0.4 is 5.32 Å². The summed E-state index contributed by atoms with van der Waals surface area (Å²) >= 11 is 1.06. The molecule has 0 spiro atoms. The van der Waals surface area contributed by atoms with E-state index in [0.717, 1.165) is 11.5 Å². The minimum Gasteiger partial charge on any atom is -0.477 e. The van der Waals surface area contributed by atoms with Gasteiger partial charge in [0.15, 0.2) is 5.69 Å². The van der Waals surface area contributed by atoms with Crippen molar-refractivity contribution in [1.82, 2.24) is 14.6 Å². The Morgan fingerprint density at radius 1 is 1.35 bits per heavy atom. The Bertz CT molecular complexity index is 555. The third-order valence-electron chi connectivity index (χ3n) is 1.83. The number of amides is 1. The number of hydrogen-bond donors (Lipinski definition) is 2. The van der Waals surface area contributed by atoms with Crippen LogP contribution in [-0.2, 0) is 0 Å². The molecule has 2 N–H and O–H groups in total. The van der Waals surface area contributed by atoms with Crippen LogP contribution in [0.4, 0.5) is 5.69 Å². The smallest absolute Gasteiger partial charge is 0.354 e. The summed E-state index contributed by atoms with van der Waals surface area (Å²) in [5.74, 6) is -1.60. The van der Waals surface area contributed by atoms with Gasteiger partial charge in [-0.2, -0.15) is 0 Å². The average molecular weight is 250 g/mol. The largest absolute Gasteiger partial charge is 0.477 e. The molecule has 0 aromatic carbocycles. The van der Waals surface area contributed by atoms with Crippen molar-refractivity contribution in [2.75, 3.05) is 5.32 Å². The third kappa shape index (κ3) is 2.61. The molecule has 2 aromatic heterocycles. The normalized spacial score (nSPS) is 9.88. The fraction of sp³-hybridized carbons (Fsp3) is 0. The van der Waals surface area contributed by atoms with E-state index in [1.807, 2.05) is 0 Å². The highest BCUT2D eigenvalue weighted by molar-refractivity contribution is 7.03. The molecule has 0 aliphatic heterocycles. The molecule has 2 rings (SSSR count). The van der Waals surface area contributed by atoms with Gasteiger partial charge in [-0.15, -0.1) is 5.10 Å². The van der Waals surface area contributed by atoms with E-state index in [4.69, 9.17) is 5.11 Å². The van der Waals surface area contributed by atoms with Crippen molar-refractivity contribution < 1.29 is 14.7 Å². The van der Waals surface area contributed by atoms with Crippen LogP contribution in [0.2, 0.25) is 0 Å². The standard InChI is InChI=1S/C9H6N4O3S/c14-8(7-4-17-13-12-7)11-5-1-2-10-6(3-5)9(15)16/h1-4H,(H,15,16)(H,10,11,14). The third-order valence-corrected chi connectivity index (χ3v) is 2.33. The second-order valence-electron chi connectivity index (χ2n) is 2.98. The van der Waals surface area contributed by atoms with Gasteiger partial charge in [-0.05, 0) is 23.7 Å². The molecule has 0 unspecified atom stereocenters. The average Bonchev–Trinajstić information content (AvgIpc) is 2.82. The topological polar surface area (TPSA) is 105 Å². The van der Waals surface area contributed by atoms with Gasteiger partial charge < -0.3 is 10.4 Å². The molecule has 0 atom stereocenters. The number of hydrogen-bond acceptors (Lipinski definition) is 6. The van der Waals surface area contributed by atoms with E-state index >= 15 is 0 Å². The van der Waals surface area contributed by atoms with Gasteiger partial charge in [0, 0.05) is 17.3 Å². The lowest BCUT2D eigenvalue weighted by atomic mass is 10.3. The first kappa shape index (κ1) is 11.1. The van der Waals surface area contributed by atoms with Crippen LogP contribution in [0.25, 0.3) is 0 Å². The number of carboxylic acid groups (broad SMARTS) is 1. The zero-order chi connectivity index (χ0) is 12.3. The zero-order valence-electron chi connectivity index (χ0n) is 8.32. The van der Waals surface area contributed by atoms with Gasteiger partial charge >= 0.3 is 5.97 Å². The van der Waals surface area contributed by atoms with Crippen molar-refractivity contribution in [3.63, 3.8) is 0 Å². The molecular weight excluding hydrogens is 244 g/mol. The molecule has 0 aliphatic rings. The fourth-order valence-electron chi connectivity index (χ4n) is 1.08. The molecule has 0 fully saturated rings. The number of pyridine rings is 1. The summed E-state index contributed by atoms with van der Waals surface area (Å²) < 4.78 is 3.56. The highest BCUT2D eigenvalue weighted by Gasteiger charge is 2.10. The van der Waals surface area contributed by atoms with E-state index in [1.165, 1.54) is 23.7 Å². The zero-order valence-corrected chi connectivity index (χ0v) is 9.14.